The number of amides is 1. The summed E-state index contributed by atoms with van der Waals surface area (Å²) in [4.78, 5) is 16.0. The van der Waals surface area contributed by atoms with E-state index in [0.717, 1.165) is 5.69 Å². The Balaban J connectivity index is 1.47. The van der Waals surface area contributed by atoms with Gasteiger partial charge in [-0.25, -0.2) is 8.78 Å². The van der Waals surface area contributed by atoms with Crippen LogP contribution < -0.4 is 0 Å². The van der Waals surface area contributed by atoms with Crippen molar-refractivity contribution in [3.05, 3.63) is 18.0 Å². The van der Waals surface area contributed by atoms with Crippen molar-refractivity contribution in [3.63, 3.8) is 0 Å². The zero-order valence-electron chi connectivity index (χ0n) is 14.6. The van der Waals surface area contributed by atoms with Crippen molar-refractivity contribution in [2.75, 3.05) is 32.7 Å². The lowest BCUT2D eigenvalue weighted by atomic mass is 10.00. The van der Waals surface area contributed by atoms with Gasteiger partial charge in [0.15, 0.2) is 0 Å². The minimum absolute atomic E-state index is 0.0160. The molecular formula is C17H26F2N4O2. The van der Waals surface area contributed by atoms with Crippen LogP contribution in [0, 0.1) is 0 Å². The van der Waals surface area contributed by atoms with Gasteiger partial charge in [-0.15, -0.1) is 0 Å². The Morgan fingerprint density at radius 1 is 1.28 bits per heavy atom. The Kier molecular flexibility index (Phi) is 5.11. The quantitative estimate of drug-likeness (QED) is 0.857. The summed E-state index contributed by atoms with van der Waals surface area (Å²) in [5.41, 5.74) is 0.00602. The minimum Gasteiger partial charge on any atom is -0.387 e. The third-order valence-corrected chi connectivity index (χ3v) is 5.31. The second-order valence-electron chi connectivity index (χ2n) is 7.37. The van der Waals surface area contributed by atoms with Crippen LogP contribution in [0.15, 0.2) is 12.3 Å². The summed E-state index contributed by atoms with van der Waals surface area (Å²) in [5.74, 6) is -2.56. The van der Waals surface area contributed by atoms with Crippen LogP contribution in [0.4, 0.5) is 8.78 Å². The number of nitrogens with zero attached hydrogens (tertiary/aromatic N) is 4. The maximum Gasteiger partial charge on any atom is 0.250 e. The molecule has 25 heavy (non-hydrogen) atoms. The monoisotopic (exact) mass is 356 g/mol. The van der Waals surface area contributed by atoms with Crippen molar-refractivity contribution in [1.29, 1.82) is 0 Å². The van der Waals surface area contributed by atoms with Gasteiger partial charge >= 0.3 is 0 Å². The van der Waals surface area contributed by atoms with Crippen molar-refractivity contribution in [2.45, 2.75) is 43.6 Å². The Morgan fingerprint density at radius 3 is 2.64 bits per heavy atom. The SMILES string of the molecule is Cn1nccc1CCC(=O)N1CC[C@@](O)(CN2CCC(F)(F)CC2)C1. The van der Waals surface area contributed by atoms with E-state index in [4.69, 9.17) is 0 Å². The fourth-order valence-electron chi connectivity index (χ4n) is 3.69. The number of hydrogen-bond donors (Lipinski definition) is 1. The number of halogens is 2. The number of aryl methyl sites for hydroxylation is 2. The summed E-state index contributed by atoms with van der Waals surface area (Å²) in [6.07, 6.45) is 2.89. The molecule has 140 valence electrons. The van der Waals surface area contributed by atoms with Gasteiger partial charge < -0.3 is 10.0 Å². The molecule has 0 saturated carbocycles. The van der Waals surface area contributed by atoms with E-state index in [1.54, 1.807) is 15.8 Å². The van der Waals surface area contributed by atoms with Gasteiger partial charge in [-0.05, 0) is 18.9 Å². The second-order valence-corrected chi connectivity index (χ2v) is 7.37. The van der Waals surface area contributed by atoms with Crippen LogP contribution in [0.5, 0.6) is 0 Å². The molecule has 8 heteroatoms. The van der Waals surface area contributed by atoms with Gasteiger partial charge in [-0.3, -0.25) is 14.4 Å². The second kappa shape index (κ2) is 6.99. The number of rotatable bonds is 5. The molecule has 6 nitrogen and oxygen atoms in total. The van der Waals surface area contributed by atoms with E-state index in [-0.39, 0.29) is 25.3 Å². The normalized spacial score (nSPS) is 27.0. The highest BCUT2D eigenvalue weighted by Crippen LogP contribution is 2.30. The number of carbonyl (C=O) groups is 1. The molecule has 2 aliphatic rings. The first kappa shape index (κ1) is 18.3. The summed E-state index contributed by atoms with van der Waals surface area (Å²) < 4.78 is 28.2. The molecule has 1 aromatic rings. The third kappa shape index (κ3) is 4.55. The summed E-state index contributed by atoms with van der Waals surface area (Å²) in [7, 11) is 1.84. The zero-order chi connectivity index (χ0) is 18.1. The fraction of sp³-hybridized carbons (Fsp3) is 0.765. The number of hydrogen-bond acceptors (Lipinski definition) is 4. The van der Waals surface area contributed by atoms with E-state index in [2.05, 4.69) is 5.10 Å². The van der Waals surface area contributed by atoms with E-state index >= 15 is 0 Å². The summed E-state index contributed by atoms with van der Waals surface area (Å²) in [6, 6.07) is 1.89. The molecule has 0 unspecified atom stereocenters. The van der Waals surface area contributed by atoms with E-state index in [9.17, 15) is 18.7 Å². The first-order chi connectivity index (χ1) is 11.8. The Hall–Kier alpha value is -1.54. The number of aromatic nitrogens is 2. The smallest absolute Gasteiger partial charge is 0.250 e. The number of aliphatic hydroxyl groups is 1. The first-order valence-corrected chi connectivity index (χ1v) is 8.84. The van der Waals surface area contributed by atoms with Gasteiger partial charge in [0, 0.05) is 64.4 Å². The van der Waals surface area contributed by atoms with Gasteiger partial charge in [0.2, 0.25) is 5.91 Å². The lowest BCUT2D eigenvalue weighted by Crippen LogP contribution is -2.49. The number of carbonyl (C=O) groups excluding carboxylic acids is 1. The summed E-state index contributed by atoms with van der Waals surface area (Å²) in [5, 5.41) is 14.8. The van der Waals surface area contributed by atoms with Crippen molar-refractivity contribution in [3.8, 4) is 0 Å². The van der Waals surface area contributed by atoms with Crippen molar-refractivity contribution < 1.29 is 18.7 Å². The summed E-state index contributed by atoms with van der Waals surface area (Å²) in [6.45, 7) is 1.75. The zero-order valence-corrected chi connectivity index (χ0v) is 14.6. The molecule has 0 aromatic carbocycles. The van der Waals surface area contributed by atoms with E-state index in [0.29, 0.717) is 45.4 Å². The molecule has 0 radical (unpaired) electrons. The van der Waals surface area contributed by atoms with E-state index in [1.807, 2.05) is 18.0 Å². The Bertz CT molecular complexity index is 612. The average Bonchev–Trinajstić information content (AvgIpc) is 3.13. The minimum atomic E-state index is -2.58. The molecule has 1 atom stereocenters. The van der Waals surface area contributed by atoms with Crippen molar-refractivity contribution in [1.82, 2.24) is 19.6 Å². The summed E-state index contributed by atoms with van der Waals surface area (Å²) >= 11 is 0. The van der Waals surface area contributed by atoms with Gasteiger partial charge in [-0.2, -0.15) is 5.10 Å². The van der Waals surface area contributed by atoms with Crippen LogP contribution in [0.2, 0.25) is 0 Å². The highest BCUT2D eigenvalue weighted by Gasteiger charge is 2.41. The number of β-amino-alcohol motifs (C(OH)–C–C–N with tert-alkyl or cyclic N) is 1. The van der Waals surface area contributed by atoms with Crippen LogP contribution in [-0.2, 0) is 18.3 Å². The Morgan fingerprint density at radius 2 is 2.00 bits per heavy atom. The maximum absolute atomic E-state index is 13.2. The van der Waals surface area contributed by atoms with Crippen LogP contribution >= 0.6 is 0 Å². The fourth-order valence-corrected chi connectivity index (χ4v) is 3.69. The number of alkyl halides is 2. The molecule has 0 spiro atoms. The van der Waals surface area contributed by atoms with E-state index < -0.39 is 11.5 Å². The molecular weight excluding hydrogens is 330 g/mol. The van der Waals surface area contributed by atoms with Gasteiger partial charge in [0.1, 0.15) is 0 Å². The predicted molar refractivity (Wildman–Crippen MR) is 88.3 cm³/mol. The average molecular weight is 356 g/mol. The van der Waals surface area contributed by atoms with E-state index in [1.165, 1.54) is 0 Å². The van der Waals surface area contributed by atoms with Crippen LogP contribution in [0.3, 0.4) is 0 Å². The van der Waals surface area contributed by atoms with Gasteiger partial charge in [-0.1, -0.05) is 0 Å². The van der Waals surface area contributed by atoms with Gasteiger partial charge in [0.25, 0.3) is 5.92 Å². The molecule has 3 heterocycles. The molecule has 2 fully saturated rings. The Labute approximate surface area is 146 Å². The van der Waals surface area contributed by atoms with Crippen LogP contribution in [-0.4, -0.2) is 74.8 Å². The predicted octanol–water partition coefficient (Wildman–Crippen LogP) is 1.05. The molecule has 3 rings (SSSR count). The molecule has 1 amide bonds. The van der Waals surface area contributed by atoms with Crippen LogP contribution in [0.25, 0.3) is 0 Å². The topological polar surface area (TPSA) is 61.6 Å². The first-order valence-electron chi connectivity index (χ1n) is 8.84. The molecule has 1 aromatic heterocycles. The standard InChI is InChI=1S/C17H26F2N4O2/c1-21-14(4-8-20-21)2-3-15(24)23-11-5-16(25,13-23)12-22-9-6-17(18,19)7-10-22/h4,8,25H,2-3,5-7,9-13H2,1H3/t16-/m1/s1. The molecule has 2 saturated heterocycles. The highest BCUT2D eigenvalue weighted by molar-refractivity contribution is 5.76. The third-order valence-electron chi connectivity index (χ3n) is 5.31. The molecule has 0 aliphatic carbocycles. The van der Waals surface area contributed by atoms with Crippen LogP contribution in [0.1, 0.15) is 31.4 Å². The van der Waals surface area contributed by atoms with Crippen molar-refractivity contribution in [2.24, 2.45) is 7.05 Å². The lowest BCUT2D eigenvalue weighted by Gasteiger charge is -2.36. The largest absolute Gasteiger partial charge is 0.387 e. The maximum atomic E-state index is 13.2. The van der Waals surface area contributed by atoms with Crippen molar-refractivity contribution >= 4 is 5.91 Å². The molecule has 2 aliphatic heterocycles. The van der Waals surface area contributed by atoms with Gasteiger partial charge in [0.05, 0.1) is 12.1 Å². The number of piperidine rings is 1. The number of likely N-dealkylation sites (tertiary alicyclic amines) is 2. The highest BCUT2D eigenvalue weighted by atomic mass is 19.3. The molecule has 1 N–H and O–H groups in total. The lowest BCUT2D eigenvalue weighted by molar-refractivity contribution is -0.131. The molecule has 0 bridgehead atoms.